The molecule has 0 bridgehead atoms. The molecule has 0 saturated heterocycles. The summed E-state index contributed by atoms with van der Waals surface area (Å²) >= 11 is 0. The van der Waals surface area contributed by atoms with E-state index in [1.54, 1.807) is 7.11 Å². The van der Waals surface area contributed by atoms with Gasteiger partial charge in [-0.15, -0.1) is 0 Å². The minimum Gasteiger partial charge on any atom is -0.385 e. The summed E-state index contributed by atoms with van der Waals surface area (Å²) in [5.74, 6) is 0.595. The number of nitrogens with one attached hydrogen (secondary N) is 1. The summed E-state index contributed by atoms with van der Waals surface area (Å²) in [4.78, 5) is 0. The molecule has 2 heteroatoms. The molecule has 1 rings (SSSR count). The zero-order valence-electron chi connectivity index (χ0n) is 12.9. The first-order valence-electron chi connectivity index (χ1n) is 7.32. The fourth-order valence-electron chi connectivity index (χ4n) is 2.18. The second-order valence-electron chi connectivity index (χ2n) is 6.23. The molecule has 2 nitrogen and oxygen atoms in total. The first-order chi connectivity index (χ1) is 9.03. The molecule has 1 aromatic carbocycles. The standard InChI is InChI=1S/C17H29NO/c1-17(2,3)18-14-16(12-8-9-13-19-4)15-10-6-5-7-11-15/h5-7,10-11,16,18H,8-9,12-14H2,1-4H3. The Morgan fingerprint density at radius 3 is 2.37 bits per heavy atom. The summed E-state index contributed by atoms with van der Waals surface area (Å²) in [6.07, 6.45) is 3.59. The summed E-state index contributed by atoms with van der Waals surface area (Å²) in [7, 11) is 1.77. The number of rotatable bonds is 8. The normalized spacial score (nSPS) is 13.5. The molecule has 0 aliphatic carbocycles. The molecular formula is C17H29NO. The molecule has 0 amide bonds. The average molecular weight is 263 g/mol. The Balaban J connectivity index is 2.53. The third-order valence-electron chi connectivity index (χ3n) is 3.30. The number of hydrogen-bond donors (Lipinski definition) is 1. The van der Waals surface area contributed by atoms with Gasteiger partial charge in [-0.2, -0.15) is 0 Å². The van der Waals surface area contributed by atoms with Crippen LogP contribution in [0.4, 0.5) is 0 Å². The molecule has 1 unspecified atom stereocenters. The van der Waals surface area contributed by atoms with E-state index in [0.717, 1.165) is 19.6 Å². The molecule has 0 aromatic heterocycles. The topological polar surface area (TPSA) is 21.3 Å². The Morgan fingerprint density at radius 2 is 1.79 bits per heavy atom. The van der Waals surface area contributed by atoms with Crippen molar-refractivity contribution in [1.29, 1.82) is 0 Å². The van der Waals surface area contributed by atoms with Crippen molar-refractivity contribution in [1.82, 2.24) is 5.32 Å². The number of ether oxygens (including phenoxy) is 1. The summed E-state index contributed by atoms with van der Waals surface area (Å²) in [6.45, 7) is 8.58. The number of unbranched alkanes of at least 4 members (excludes halogenated alkanes) is 1. The Bertz CT molecular complexity index is 329. The van der Waals surface area contributed by atoms with Crippen molar-refractivity contribution in [2.75, 3.05) is 20.3 Å². The van der Waals surface area contributed by atoms with Crippen LogP contribution >= 0.6 is 0 Å². The molecule has 0 spiro atoms. The van der Waals surface area contributed by atoms with Gasteiger partial charge in [-0.25, -0.2) is 0 Å². The molecule has 0 aliphatic heterocycles. The van der Waals surface area contributed by atoms with Crippen LogP contribution in [-0.4, -0.2) is 25.8 Å². The highest BCUT2D eigenvalue weighted by Gasteiger charge is 2.15. The van der Waals surface area contributed by atoms with Crippen molar-refractivity contribution in [3.63, 3.8) is 0 Å². The minimum absolute atomic E-state index is 0.180. The highest BCUT2D eigenvalue weighted by Crippen LogP contribution is 2.22. The summed E-state index contributed by atoms with van der Waals surface area (Å²) in [5, 5.41) is 3.63. The highest BCUT2D eigenvalue weighted by atomic mass is 16.5. The predicted octanol–water partition coefficient (Wildman–Crippen LogP) is 3.98. The largest absolute Gasteiger partial charge is 0.385 e. The average Bonchev–Trinajstić information content (AvgIpc) is 2.38. The van der Waals surface area contributed by atoms with E-state index in [9.17, 15) is 0 Å². The number of benzene rings is 1. The van der Waals surface area contributed by atoms with E-state index in [-0.39, 0.29) is 5.54 Å². The van der Waals surface area contributed by atoms with Gasteiger partial charge in [-0.3, -0.25) is 0 Å². The first kappa shape index (κ1) is 16.2. The van der Waals surface area contributed by atoms with Gasteiger partial charge in [0.2, 0.25) is 0 Å². The van der Waals surface area contributed by atoms with Gasteiger partial charge in [-0.05, 0) is 45.1 Å². The van der Waals surface area contributed by atoms with Crippen LogP contribution in [0.25, 0.3) is 0 Å². The van der Waals surface area contributed by atoms with Crippen LogP contribution in [0.3, 0.4) is 0 Å². The lowest BCUT2D eigenvalue weighted by Crippen LogP contribution is -2.38. The molecule has 0 saturated carbocycles. The van der Waals surface area contributed by atoms with Crippen molar-refractivity contribution >= 4 is 0 Å². The highest BCUT2D eigenvalue weighted by molar-refractivity contribution is 5.19. The molecule has 0 radical (unpaired) electrons. The van der Waals surface area contributed by atoms with Crippen LogP contribution in [0.15, 0.2) is 30.3 Å². The second kappa shape index (κ2) is 8.34. The quantitative estimate of drug-likeness (QED) is 0.716. The number of hydrogen-bond acceptors (Lipinski definition) is 2. The van der Waals surface area contributed by atoms with Gasteiger partial charge < -0.3 is 10.1 Å². The lowest BCUT2D eigenvalue weighted by molar-refractivity contribution is 0.191. The van der Waals surface area contributed by atoms with Crippen molar-refractivity contribution in [3.05, 3.63) is 35.9 Å². The van der Waals surface area contributed by atoms with Gasteiger partial charge in [0.25, 0.3) is 0 Å². The third-order valence-corrected chi connectivity index (χ3v) is 3.30. The van der Waals surface area contributed by atoms with E-state index in [1.165, 1.54) is 18.4 Å². The maximum Gasteiger partial charge on any atom is 0.0462 e. The molecule has 19 heavy (non-hydrogen) atoms. The molecule has 1 atom stereocenters. The number of methoxy groups -OCH3 is 1. The third kappa shape index (κ3) is 7.34. The van der Waals surface area contributed by atoms with Gasteiger partial charge >= 0.3 is 0 Å². The fourth-order valence-corrected chi connectivity index (χ4v) is 2.18. The van der Waals surface area contributed by atoms with Gasteiger partial charge in [0.15, 0.2) is 0 Å². The van der Waals surface area contributed by atoms with Gasteiger partial charge in [-0.1, -0.05) is 36.8 Å². The zero-order valence-corrected chi connectivity index (χ0v) is 12.9. The molecule has 1 aromatic rings. The van der Waals surface area contributed by atoms with E-state index in [2.05, 4.69) is 56.4 Å². The predicted molar refractivity (Wildman–Crippen MR) is 82.7 cm³/mol. The summed E-state index contributed by atoms with van der Waals surface area (Å²) in [6, 6.07) is 10.8. The first-order valence-corrected chi connectivity index (χ1v) is 7.32. The van der Waals surface area contributed by atoms with Crippen molar-refractivity contribution in [3.8, 4) is 0 Å². The van der Waals surface area contributed by atoms with Gasteiger partial charge in [0.1, 0.15) is 0 Å². The van der Waals surface area contributed by atoms with Crippen LogP contribution in [0, 0.1) is 0 Å². The Morgan fingerprint density at radius 1 is 1.11 bits per heavy atom. The van der Waals surface area contributed by atoms with Crippen LogP contribution in [0.1, 0.15) is 51.5 Å². The second-order valence-corrected chi connectivity index (χ2v) is 6.23. The Labute approximate surface area is 118 Å². The van der Waals surface area contributed by atoms with Crippen LogP contribution in [0.5, 0.6) is 0 Å². The van der Waals surface area contributed by atoms with Crippen LogP contribution in [0.2, 0.25) is 0 Å². The Kier molecular flexibility index (Phi) is 7.11. The van der Waals surface area contributed by atoms with Crippen molar-refractivity contribution < 1.29 is 4.74 Å². The summed E-state index contributed by atoms with van der Waals surface area (Å²) < 4.78 is 5.13. The van der Waals surface area contributed by atoms with E-state index in [4.69, 9.17) is 4.74 Å². The van der Waals surface area contributed by atoms with Crippen LogP contribution < -0.4 is 5.32 Å². The van der Waals surface area contributed by atoms with Crippen molar-refractivity contribution in [2.45, 2.75) is 51.5 Å². The van der Waals surface area contributed by atoms with Gasteiger partial charge in [0.05, 0.1) is 0 Å². The molecule has 108 valence electrons. The lowest BCUT2D eigenvalue weighted by atomic mass is 9.92. The van der Waals surface area contributed by atoms with E-state index < -0.39 is 0 Å². The Hall–Kier alpha value is -0.860. The molecule has 0 aliphatic rings. The van der Waals surface area contributed by atoms with Crippen molar-refractivity contribution in [2.24, 2.45) is 0 Å². The van der Waals surface area contributed by atoms with E-state index in [1.807, 2.05) is 0 Å². The molecule has 0 fully saturated rings. The molecule has 0 heterocycles. The van der Waals surface area contributed by atoms with Gasteiger partial charge in [0, 0.05) is 25.8 Å². The smallest absolute Gasteiger partial charge is 0.0462 e. The molecule has 1 N–H and O–H groups in total. The SMILES string of the molecule is COCCCCC(CNC(C)(C)C)c1ccccc1. The maximum absolute atomic E-state index is 5.13. The summed E-state index contributed by atoms with van der Waals surface area (Å²) in [5.41, 5.74) is 1.62. The fraction of sp³-hybridized carbons (Fsp3) is 0.647. The molecular weight excluding hydrogens is 234 g/mol. The monoisotopic (exact) mass is 263 g/mol. The lowest BCUT2D eigenvalue weighted by Gasteiger charge is -2.25. The minimum atomic E-state index is 0.180. The van der Waals surface area contributed by atoms with Crippen LogP contribution in [-0.2, 0) is 4.74 Å². The van der Waals surface area contributed by atoms with E-state index in [0.29, 0.717) is 5.92 Å². The zero-order chi connectivity index (χ0) is 14.1. The maximum atomic E-state index is 5.13. The van der Waals surface area contributed by atoms with E-state index >= 15 is 0 Å².